The van der Waals surface area contributed by atoms with Gasteiger partial charge in [0.15, 0.2) is 0 Å². The molecular formula is C15H21BrFNO. The zero-order chi connectivity index (χ0) is 14.6. The maximum atomic E-state index is 13.3. The van der Waals surface area contributed by atoms with E-state index in [1.807, 2.05) is 0 Å². The Balaban J connectivity index is 3.00. The Morgan fingerprint density at radius 2 is 1.74 bits per heavy atom. The first-order valence-electron chi connectivity index (χ1n) is 6.55. The Morgan fingerprint density at radius 1 is 1.21 bits per heavy atom. The number of benzene rings is 1. The first-order valence-corrected chi connectivity index (χ1v) is 7.35. The fraction of sp³-hybridized carbons (Fsp3) is 0.533. The van der Waals surface area contributed by atoms with Gasteiger partial charge in [0.1, 0.15) is 5.82 Å². The van der Waals surface area contributed by atoms with Crippen molar-refractivity contribution in [2.45, 2.75) is 27.7 Å². The van der Waals surface area contributed by atoms with E-state index in [1.165, 1.54) is 12.1 Å². The maximum Gasteiger partial charge on any atom is 0.255 e. The third kappa shape index (κ3) is 4.94. The largest absolute Gasteiger partial charge is 0.338 e. The molecule has 0 radical (unpaired) electrons. The Morgan fingerprint density at radius 3 is 2.21 bits per heavy atom. The smallest absolute Gasteiger partial charge is 0.255 e. The number of carbonyl (C=O) groups is 1. The summed E-state index contributed by atoms with van der Waals surface area (Å²) in [5.74, 6) is 0.263. The first kappa shape index (κ1) is 16.2. The van der Waals surface area contributed by atoms with Gasteiger partial charge in [-0.05, 0) is 46.0 Å². The van der Waals surface area contributed by atoms with Crippen LogP contribution in [0.25, 0.3) is 0 Å². The lowest BCUT2D eigenvalue weighted by molar-refractivity contribution is 0.0713. The van der Waals surface area contributed by atoms with E-state index < -0.39 is 0 Å². The fourth-order valence-corrected chi connectivity index (χ4v) is 2.37. The third-order valence-electron chi connectivity index (χ3n) is 2.62. The molecule has 0 fully saturated rings. The van der Waals surface area contributed by atoms with E-state index in [4.69, 9.17) is 0 Å². The molecule has 0 heterocycles. The van der Waals surface area contributed by atoms with Gasteiger partial charge >= 0.3 is 0 Å². The van der Waals surface area contributed by atoms with Gasteiger partial charge in [0.25, 0.3) is 5.91 Å². The molecule has 1 amide bonds. The second-order valence-corrected chi connectivity index (χ2v) is 6.48. The molecule has 0 atom stereocenters. The zero-order valence-electron chi connectivity index (χ0n) is 11.9. The fourth-order valence-electron chi connectivity index (χ4n) is 1.95. The molecule has 0 saturated heterocycles. The van der Waals surface area contributed by atoms with Gasteiger partial charge < -0.3 is 4.90 Å². The molecule has 2 nitrogen and oxygen atoms in total. The SMILES string of the molecule is CC(C)CN(CC(C)C)C(=O)c1cc(F)ccc1Br. The molecule has 1 rings (SSSR count). The second kappa shape index (κ2) is 7.04. The van der Waals surface area contributed by atoms with Gasteiger partial charge in [-0.3, -0.25) is 4.79 Å². The van der Waals surface area contributed by atoms with Crippen molar-refractivity contribution >= 4 is 21.8 Å². The lowest BCUT2D eigenvalue weighted by Gasteiger charge is -2.27. The van der Waals surface area contributed by atoms with Gasteiger partial charge in [0.2, 0.25) is 0 Å². The van der Waals surface area contributed by atoms with Crippen molar-refractivity contribution < 1.29 is 9.18 Å². The van der Waals surface area contributed by atoms with E-state index in [2.05, 4.69) is 43.6 Å². The van der Waals surface area contributed by atoms with Crippen molar-refractivity contribution in [2.24, 2.45) is 11.8 Å². The monoisotopic (exact) mass is 329 g/mol. The lowest BCUT2D eigenvalue weighted by Crippen LogP contribution is -2.37. The number of amides is 1. The number of halogens is 2. The van der Waals surface area contributed by atoms with E-state index in [9.17, 15) is 9.18 Å². The van der Waals surface area contributed by atoms with Gasteiger partial charge in [-0.15, -0.1) is 0 Å². The molecular weight excluding hydrogens is 309 g/mol. The summed E-state index contributed by atoms with van der Waals surface area (Å²) in [7, 11) is 0. The number of nitrogens with zero attached hydrogens (tertiary/aromatic N) is 1. The standard InChI is InChI=1S/C15H21BrFNO/c1-10(2)8-18(9-11(3)4)15(19)13-7-12(17)5-6-14(13)16/h5-7,10-11H,8-9H2,1-4H3. The van der Waals surface area contributed by atoms with Crippen LogP contribution in [-0.2, 0) is 0 Å². The molecule has 0 aliphatic rings. The number of hydrogen-bond donors (Lipinski definition) is 0. The highest BCUT2D eigenvalue weighted by molar-refractivity contribution is 9.10. The number of rotatable bonds is 5. The lowest BCUT2D eigenvalue weighted by atomic mass is 10.1. The highest BCUT2D eigenvalue weighted by Crippen LogP contribution is 2.20. The van der Waals surface area contributed by atoms with Crippen LogP contribution >= 0.6 is 15.9 Å². The molecule has 0 bridgehead atoms. The molecule has 1 aromatic rings. The normalized spacial score (nSPS) is 11.2. The Hall–Kier alpha value is -0.900. The van der Waals surface area contributed by atoms with Crippen LogP contribution in [-0.4, -0.2) is 23.9 Å². The Labute approximate surface area is 123 Å². The predicted octanol–water partition coefficient (Wildman–Crippen LogP) is 4.34. The van der Waals surface area contributed by atoms with Crippen LogP contribution in [0.5, 0.6) is 0 Å². The van der Waals surface area contributed by atoms with Crippen LogP contribution in [0.2, 0.25) is 0 Å². The summed E-state index contributed by atoms with van der Waals surface area (Å²) < 4.78 is 13.9. The van der Waals surface area contributed by atoms with Crippen LogP contribution in [0.15, 0.2) is 22.7 Å². The number of hydrogen-bond acceptors (Lipinski definition) is 1. The predicted molar refractivity (Wildman–Crippen MR) is 79.7 cm³/mol. The van der Waals surface area contributed by atoms with Crippen molar-refractivity contribution in [3.63, 3.8) is 0 Å². The van der Waals surface area contributed by atoms with Gasteiger partial charge in [-0.2, -0.15) is 0 Å². The summed E-state index contributed by atoms with van der Waals surface area (Å²) in [4.78, 5) is 14.3. The quantitative estimate of drug-likeness (QED) is 0.786. The van der Waals surface area contributed by atoms with Crippen molar-refractivity contribution in [1.29, 1.82) is 0 Å². The molecule has 0 aliphatic heterocycles. The van der Waals surface area contributed by atoms with Gasteiger partial charge in [0, 0.05) is 17.6 Å². The summed E-state index contributed by atoms with van der Waals surface area (Å²) in [6.45, 7) is 9.64. The summed E-state index contributed by atoms with van der Waals surface area (Å²) in [6, 6.07) is 4.21. The molecule has 0 aromatic heterocycles. The summed E-state index contributed by atoms with van der Waals surface area (Å²) in [6.07, 6.45) is 0. The molecule has 1 aromatic carbocycles. The topological polar surface area (TPSA) is 20.3 Å². The van der Waals surface area contributed by atoms with Gasteiger partial charge in [-0.25, -0.2) is 4.39 Å². The van der Waals surface area contributed by atoms with Crippen molar-refractivity contribution in [3.8, 4) is 0 Å². The van der Waals surface area contributed by atoms with Crippen LogP contribution in [0.4, 0.5) is 4.39 Å². The van der Waals surface area contributed by atoms with Crippen LogP contribution in [0, 0.1) is 17.7 Å². The number of carbonyl (C=O) groups excluding carboxylic acids is 1. The first-order chi connectivity index (χ1) is 8.81. The van der Waals surface area contributed by atoms with Crippen LogP contribution < -0.4 is 0 Å². The highest BCUT2D eigenvalue weighted by atomic mass is 79.9. The minimum atomic E-state index is -0.388. The molecule has 0 saturated carbocycles. The molecule has 0 spiro atoms. The van der Waals surface area contributed by atoms with Crippen molar-refractivity contribution in [3.05, 3.63) is 34.1 Å². The van der Waals surface area contributed by atoms with Gasteiger partial charge in [-0.1, -0.05) is 27.7 Å². The molecule has 0 aliphatic carbocycles. The minimum Gasteiger partial charge on any atom is -0.338 e. The third-order valence-corrected chi connectivity index (χ3v) is 3.31. The average Bonchev–Trinajstić information content (AvgIpc) is 2.29. The van der Waals surface area contributed by atoms with Gasteiger partial charge in [0.05, 0.1) is 5.56 Å². The van der Waals surface area contributed by atoms with E-state index in [0.29, 0.717) is 35.0 Å². The van der Waals surface area contributed by atoms with Crippen molar-refractivity contribution in [2.75, 3.05) is 13.1 Å². The summed E-state index contributed by atoms with van der Waals surface area (Å²) >= 11 is 3.32. The van der Waals surface area contributed by atoms with E-state index >= 15 is 0 Å². The summed E-state index contributed by atoms with van der Waals surface area (Å²) in [5.41, 5.74) is 0.390. The molecule has 4 heteroatoms. The van der Waals surface area contributed by atoms with E-state index in [-0.39, 0.29) is 11.7 Å². The highest BCUT2D eigenvalue weighted by Gasteiger charge is 2.20. The molecule has 0 unspecified atom stereocenters. The molecule has 19 heavy (non-hydrogen) atoms. The van der Waals surface area contributed by atoms with Crippen molar-refractivity contribution in [1.82, 2.24) is 4.90 Å². The van der Waals surface area contributed by atoms with E-state index in [0.717, 1.165) is 0 Å². The second-order valence-electron chi connectivity index (χ2n) is 5.62. The minimum absolute atomic E-state index is 0.117. The summed E-state index contributed by atoms with van der Waals surface area (Å²) in [5, 5.41) is 0. The zero-order valence-corrected chi connectivity index (χ0v) is 13.5. The molecule has 106 valence electrons. The van der Waals surface area contributed by atoms with Crippen LogP contribution in [0.1, 0.15) is 38.1 Å². The average molecular weight is 330 g/mol. The van der Waals surface area contributed by atoms with E-state index in [1.54, 1.807) is 11.0 Å². The Kier molecular flexibility index (Phi) is 5.98. The van der Waals surface area contributed by atoms with Crippen LogP contribution in [0.3, 0.4) is 0 Å². The molecule has 0 N–H and O–H groups in total. The Bertz CT molecular complexity index is 436. The maximum absolute atomic E-state index is 13.3.